The van der Waals surface area contributed by atoms with Crippen LogP contribution in [0.1, 0.15) is 6.92 Å². The van der Waals surface area contributed by atoms with Crippen LogP contribution < -0.4 is 20.9 Å². The van der Waals surface area contributed by atoms with Gasteiger partial charge >= 0.3 is 0 Å². The topological polar surface area (TPSA) is 167 Å². The Morgan fingerprint density at radius 2 is 1.46 bits per heavy atom. The summed E-state index contributed by atoms with van der Waals surface area (Å²) in [6, 6.07) is 21.4. The molecule has 0 aliphatic rings. The molecule has 210 valence electrons. The lowest BCUT2D eigenvalue weighted by Crippen LogP contribution is -2.14. The van der Waals surface area contributed by atoms with Gasteiger partial charge in [-0.3, -0.25) is 4.72 Å². The van der Waals surface area contributed by atoms with Gasteiger partial charge in [-0.1, -0.05) is 25.1 Å². The standard InChI is InChI=1S/C29H27N5O5S2/c1-3-40(35,36)23-9-4-18(5-10-23)25-15-20-14-19(6-13-26(20)33-28(25)31)21-16-27(29(39-2)32-17-21)34-41(37,38)24-11-7-22(30)8-12-24/h4-17,34H,3,30H2,1-2H3,(H2,31,33). The first kappa shape index (κ1) is 27.9. The van der Waals surface area contributed by atoms with Gasteiger partial charge in [0.25, 0.3) is 10.0 Å². The fourth-order valence-electron chi connectivity index (χ4n) is 4.31. The van der Waals surface area contributed by atoms with Crippen LogP contribution in [0.15, 0.2) is 94.9 Å². The van der Waals surface area contributed by atoms with Gasteiger partial charge in [0.1, 0.15) is 11.5 Å². The summed E-state index contributed by atoms with van der Waals surface area (Å²) in [6.45, 7) is 1.60. The quantitative estimate of drug-likeness (QED) is 0.217. The summed E-state index contributed by atoms with van der Waals surface area (Å²) in [5, 5.41) is 0.775. The average Bonchev–Trinajstić information content (AvgIpc) is 2.96. The molecule has 0 spiro atoms. The number of fused-ring (bicyclic) bond motifs is 1. The number of ether oxygens (including phenoxy) is 1. The smallest absolute Gasteiger partial charge is 0.262 e. The number of nitrogens with two attached hydrogens (primary N) is 2. The van der Waals surface area contributed by atoms with Crippen molar-refractivity contribution in [3.8, 4) is 28.1 Å². The molecule has 41 heavy (non-hydrogen) atoms. The molecule has 0 aliphatic carbocycles. The first-order valence-corrected chi connectivity index (χ1v) is 15.6. The van der Waals surface area contributed by atoms with Crippen molar-refractivity contribution in [1.29, 1.82) is 0 Å². The van der Waals surface area contributed by atoms with Gasteiger partial charge < -0.3 is 16.2 Å². The molecule has 0 atom stereocenters. The minimum absolute atomic E-state index is 0.0134. The summed E-state index contributed by atoms with van der Waals surface area (Å²) in [7, 11) is -5.86. The number of nitrogens with zero attached hydrogens (tertiary/aromatic N) is 2. The Hall–Kier alpha value is -4.68. The van der Waals surface area contributed by atoms with Gasteiger partial charge in [-0.05, 0) is 71.8 Å². The third kappa shape index (κ3) is 5.65. The van der Waals surface area contributed by atoms with E-state index < -0.39 is 19.9 Å². The van der Waals surface area contributed by atoms with Gasteiger partial charge in [0.2, 0.25) is 5.88 Å². The monoisotopic (exact) mass is 589 g/mol. The third-order valence-corrected chi connectivity index (χ3v) is 9.69. The molecule has 0 amide bonds. The zero-order valence-electron chi connectivity index (χ0n) is 22.2. The summed E-state index contributed by atoms with van der Waals surface area (Å²) in [5.74, 6) is 0.431. The van der Waals surface area contributed by atoms with E-state index in [0.717, 1.165) is 16.5 Å². The second kappa shape index (κ2) is 10.7. The van der Waals surface area contributed by atoms with Gasteiger partial charge in [-0.15, -0.1) is 0 Å². The number of anilines is 3. The van der Waals surface area contributed by atoms with Crippen LogP contribution in [-0.4, -0.2) is 39.7 Å². The number of rotatable bonds is 8. The van der Waals surface area contributed by atoms with Crippen molar-refractivity contribution in [3.05, 3.63) is 85.1 Å². The minimum atomic E-state index is -3.94. The van der Waals surface area contributed by atoms with E-state index in [1.54, 1.807) is 43.5 Å². The number of hydrogen-bond acceptors (Lipinski definition) is 9. The van der Waals surface area contributed by atoms with Crippen LogP contribution >= 0.6 is 0 Å². The van der Waals surface area contributed by atoms with Crippen molar-refractivity contribution < 1.29 is 21.6 Å². The number of aromatic nitrogens is 2. The molecule has 5 aromatic rings. The lowest BCUT2D eigenvalue weighted by molar-refractivity contribution is 0.400. The minimum Gasteiger partial charge on any atom is -0.480 e. The Kier molecular flexibility index (Phi) is 7.28. The van der Waals surface area contributed by atoms with Gasteiger partial charge in [0, 0.05) is 28.4 Å². The van der Waals surface area contributed by atoms with Crippen LogP contribution in [-0.2, 0) is 19.9 Å². The highest BCUT2D eigenvalue weighted by molar-refractivity contribution is 7.92. The number of nitrogen functional groups attached to an aromatic ring is 2. The summed E-state index contributed by atoms with van der Waals surface area (Å²) in [6.07, 6.45) is 1.58. The van der Waals surface area contributed by atoms with Gasteiger partial charge in [-0.25, -0.2) is 26.8 Å². The van der Waals surface area contributed by atoms with Crippen LogP contribution in [0.25, 0.3) is 33.2 Å². The molecular weight excluding hydrogens is 562 g/mol. The largest absolute Gasteiger partial charge is 0.480 e. The third-order valence-electron chi connectivity index (χ3n) is 6.56. The predicted molar refractivity (Wildman–Crippen MR) is 161 cm³/mol. The van der Waals surface area contributed by atoms with Gasteiger partial charge in [-0.2, -0.15) is 0 Å². The Morgan fingerprint density at radius 3 is 2.12 bits per heavy atom. The molecule has 0 unspecified atom stereocenters. The SMILES string of the molecule is CCS(=O)(=O)c1ccc(-c2cc3cc(-c4cnc(OC)c(NS(=O)(=O)c5ccc(N)cc5)c4)ccc3nc2N)cc1. The Balaban J connectivity index is 1.52. The van der Waals surface area contributed by atoms with Crippen LogP contribution in [0.5, 0.6) is 5.88 Å². The zero-order chi connectivity index (χ0) is 29.4. The lowest BCUT2D eigenvalue weighted by Gasteiger charge is -2.13. The number of hydrogen-bond donors (Lipinski definition) is 3. The van der Waals surface area contributed by atoms with Crippen molar-refractivity contribution in [2.45, 2.75) is 16.7 Å². The number of pyridine rings is 2. The van der Waals surface area contributed by atoms with Crippen molar-refractivity contribution in [2.24, 2.45) is 0 Å². The van der Waals surface area contributed by atoms with Crippen LogP contribution in [0, 0.1) is 0 Å². The molecule has 10 nitrogen and oxygen atoms in total. The maximum Gasteiger partial charge on any atom is 0.262 e. The molecule has 3 aromatic carbocycles. The molecule has 5 N–H and O–H groups in total. The molecule has 0 saturated heterocycles. The van der Waals surface area contributed by atoms with Crippen LogP contribution in [0.2, 0.25) is 0 Å². The Labute approximate surface area is 238 Å². The molecule has 0 fully saturated rings. The highest BCUT2D eigenvalue weighted by atomic mass is 32.2. The maximum atomic E-state index is 13.0. The normalized spacial score (nSPS) is 11.9. The van der Waals surface area contributed by atoms with Gasteiger partial charge in [0.15, 0.2) is 9.84 Å². The number of sulfone groups is 1. The highest BCUT2D eigenvalue weighted by Crippen LogP contribution is 2.34. The van der Waals surface area contributed by atoms with E-state index in [-0.39, 0.29) is 27.1 Å². The predicted octanol–water partition coefficient (Wildman–Crippen LogP) is 4.73. The Bertz CT molecular complexity index is 1980. The first-order chi connectivity index (χ1) is 19.5. The van der Waals surface area contributed by atoms with Crippen LogP contribution in [0.4, 0.5) is 17.2 Å². The van der Waals surface area contributed by atoms with Crippen LogP contribution in [0.3, 0.4) is 0 Å². The lowest BCUT2D eigenvalue weighted by atomic mass is 10.0. The number of sulfonamides is 1. The summed E-state index contributed by atoms with van der Waals surface area (Å²) in [4.78, 5) is 9.12. The molecule has 0 aliphatic heterocycles. The molecule has 12 heteroatoms. The Morgan fingerprint density at radius 1 is 0.805 bits per heavy atom. The number of benzene rings is 3. The fraction of sp³-hybridized carbons (Fsp3) is 0.103. The van der Waals surface area contributed by atoms with E-state index >= 15 is 0 Å². The molecule has 0 bridgehead atoms. The van der Waals surface area contributed by atoms with Crippen molar-refractivity contribution in [1.82, 2.24) is 9.97 Å². The summed E-state index contributed by atoms with van der Waals surface area (Å²) >= 11 is 0. The van der Waals surface area contributed by atoms with E-state index in [2.05, 4.69) is 14.7 Å². The fourth-order valence-corrected chi connectivity index (χ4v) is 6.24. The molecule has 2 aromatic heterocycles. The van der Waals surface area contributed by atoms with E-state index in [4.69, 9.17) is 16.2 Å². The second-order valence-corrected chi connectivity index (χ2v) is 13.2. The molecular formula is C29H27N5O5S2. The summed E-state index contributed by atoms with van der Waals surface area (Å²) < 4.78 is 58.3. The van der Waals surface area contributed by atoms with Crippen molar-refractivity contribution in [3.63, 3.8) is 0 Å². The van der Waals surface area contributed by atoms with Crippen molar-refractivity contribution in [2.75, 3.05) is 29.1 Å². The first-order valence-electron chi connectivity index (χ1n) is 12.5. The molecule has 0 saturated carbocycles. The van der Waals surface area contributed by atoms with E-state index in [1.165, 1.54) is 31.4 Å². The number of nitrogens with one attached hydrogen (secondary N) is 1. The van der Waals surface area contributed by atoms with E-state index in [1.807, 2.05) is 24.3 Å². The highest BCUT2D eigenvalue weighted by Gasteiger charge is 2.19. The average molecular weight is 590 g/mol. The molecule has 2 heterocycles. The zero-order valence-corrected chi connectivity index (χ0v) is 23.8. The van der Waals surface area contributed by atoms with E-state index in [0.29, 0.717) is 28.1 Å². The number of methoxy groups -OCH3 is 1. The van der Waals surface area contributed by atoms with Gasteiger partial charge in [0.05, 0.1) is 28.2 Å². The van der Waals surface area contributed by atoms with Crippen molar-refractivity contribution >= 4 is 48.0 Å². The molecule has 5 rings (SSSR count). The molecule has 0 radical (unpaired) electrons. The van der Waals surface area contributed by atoms with E-state index in [9.17, 15) is 16.8 Å². The maximum absolute atomic E-state index is 13.0. The summed E-state index contributed by atoms with van der Waals surface area (Å²) in [5.41, 5.74) is 16.0. The second-order valence-electron chi connectivity index (χ2n) is 9.21.